The fourth-order valence-electron chi connectivity index (χ4n) is 3.51. The number of aromatic nitrogens is 2. The Morgan fingerprint density at radius 3 is 2.63 bits per heavy atom. The van der Waals surface area contributed by atoms with Crippen LogP contribution in [0.4, 0.5) is 18.9 Å². The number of rotatable bonds is 3. The average Bonchev–Trinajstić information content (AvgIpc) is 2.76. The highest BCUT2D eigenvalue weighted by atomic mass is 35.5. The van der Waals surface area contributed by atoms with E-state index < -0.39 is 18.3 Å². The molecule has 0 aliphatic carbocycles. The molecular weight excluding hydrogens is 508 g/mol. The van der Waals surface area contributed by atoms with Crippen molar-refractivity contribution in [3.05, 3.63) is 75.2 Å². The lowest BCUT2D eigenvalue weighted by Crippen LogP contribution is -2.51. The first-order valence-electron chi connectivity index (χ1n) is 10.0. The summed E-state index contributed by atoms with van der Waals surface area (Å²) in [5.74, 6) is -1.05. The molecule has 0 saturated heterocycles. The number of alkyl halides is 3. The molecule has 3 heterocycles. The Balaban J connectivity index is 1.63. The van der Waals surface area contributed by atoms with Crippen molar-refractivity contribution in [3.8, 4) is 11.3 Å². The Morgan fingerprint density at radius 1 is 1.17 bits per heavy atom. The summed E-state index contributed by atoms with van der Waals surface area (Å²) in [5.41, 5.74) is 4.77. The molecule has 2 aromatic carbocycles. The number of amidine groups is 1. The predicted molar refractivity (Wildman–Crippen MR) is 123 cm³/mol. The van der Waals surface area contributed by atoms with Crippen molar-refractivity contribution in [2.75, 3.05) is 0 Å². The standard InChI is InChI=1S/C22H14Cl2F3N6O2/c1-10-6-11(23)7-13-17(10)30-19(35-20(13)34)14-8-28-16(9-33-31-21(32-33)22(25,26)27)29-18(14)12-4-2-3-5-15(12)24/h2-9,20,34H,1H3,(H,31,32)/q+1. The molecule has 35 heavy (non-hydrogen) atoms. The maximum Gasteiger partial charge on any atom is 0.461 e. The van der Waals surface area contributed by atoms with Gasteiger partial charge in [-0.1, -0.05) is 41.4 Å². The monoisotopic (exact) mass is 521 g/mol. The molecule has 2 N–H and O–H groups in total. The molecule has 1 atom stereocenters. The van der Waals surface area contributed by atoms with Gasteiger partial charge in [0.2, 0.25) is 18.0 Å². The van der Waals surface area contributed by atoms with E-state index >= 15 is 0 Å². The molecule has 0 amide bonds. The lowest BCUT2D eigenvalue weighted by molar-refractivity contribution is -0.602. The normalized spacial score (nSPS) is 18.1. The third kappa shape index (κ3) is 4.45. The van der Waals surface area contributed by atoms with E-state index in [1.807, 2.05) is 5.43 Å². The van der Waals surface area contributed by atoms with E-state index in [0.29, 0.717) is 38.1 Å². The van der Waals surface area contributed by atoms with Gasteiger partial charge in [0.25, 0.3) is 6.21 Å². The van der Waals surface area contributed by atoms with Crippen LogP contribution < -0.4 is 5.43 Å². The highest BCUT2D eigenvalue weighted by Gasteiger charge is 2.47. The zero-order valence-corrected chi connectivity index (χ0v) is 19.2. The topological polar surface area (TPSA) is 95.0 Å². The number of hydrazine groups is 1. The maximum absolute atomic E-state index is 12.7. The first-order chi connectivity index (χ1) is 16.6. The molecule has 178 valence electrons. The van der Waals surface area contributed by atoms with E-state index in [4.69, 9.17) is 27.9 Å². The van der Waals surface area contributed by atoms with Gasteiger partial charge in [0.15, 0.2) is 0 Å². The van der Waals surface area contributed by atoms with E-state index in [2.05, 4.69) is 20.1 Å². The van der Waals surface area contributed by atoms with Crippen LogP contribution in [0.2, 0.25) is 10.0 Å². The van der Waals surface area contributed by atoms with Crippen LogP contribution in [0.3, 0.4) is 0 Å². The SMILES string of the molecule is Cc1cc(Cl)cc2c1N=C(c1cnc(C=[N+]3N=C(C(F)(F)F)N3)nc1-c1ccccc1Cl)OC2O. The van der Waals surface area contributed by atoms with Crippen molar-refractivity contribution in [3.63, 3.8) is 0 Å². The molecule has 1 unspecified atom stereocenters. The number of aliphatic hydroxyl groups is 1. The number of nitrogens with zero attached hydrogens (tertiary/aromatic N) is 5. The molecule has 2 aliphatic heterocycles. The van der Waals surface area contributed by atoms with Gasteiger partial charge in [0.05, 0.1) is 22.0 Å². The molecule has 0 fully saturated rings. The zero-order valence-electron chi connectivity index (χ0n) is 17.7. The molecular formula is C22H14Cl2F3N6O2+. The molecule has 0 spiro atoms. The average molecular weight is 522 g/mol. The second-order valence-electron chi connectivity index (χ2n) is 7.55. The number of aliphatic imine (C=N–C) groups is 1. The van der Waals surface area contributed by atoms with E-state index in [1.54, 1.807) is 43.3 Å². The fraction of sp³-hybridized carbons (Fsp3) is 0.136. The highest BCUT2D eigenvalue weighted by Crippen LogP contribution is 2.39. The van der Waals surface area contributed by atoms with Crippen molar-refractivity contribution < 1.29 is 27.8 Å². The third-order valence-electron chi connectivity index (χ3n) is 5.10. The predicted octanol–water partition coefficient (Wildman–Crippen LogP) is 4.68. The number of benzene rings is 2. The smallest absolute Gasteiger partial charge is 0.443 e. The van der Waals surface area contributed by atoms with Gasteiger partial charge in [-0.05, 0) is 30.7 Å². The number of aryl methyl sites for hydroxylation is 1. The Morgan fingerprint density at radius 2 is 1.91 bits per heavy atom. The lowest BCUT2D eigenvalue weighted by atomic mass is 10.0. The lowest BCUT2D eigenvalue weighted by Gasteiger charge is -2.24. The van der Waals surface area contributed by atoms with E-state index in [-0.39, 0.29) is 11.7 Å². The Kier molecular flexibility index (Phi) is 5.70. The summed E-state index contributed by atoms with van der Waals surface area (Å²) in [7, 11) is 0. The van der Waals surface area contributed by atoms with Gasteiger partial charge in [-0.3, -0.25) is 0 Å². The minimum Gasteiger partial charge on any atom is -0.443 e. The molecule has 0 radical (unpaired) electrons. The molecule has 13 heteroatoms. The number of hydrazone groups is 2. The second kappa shape index (κ2) is 8.59. The Bertz CT molecular complexity index is 1460. The van der Waals surface area contributed by atoms with Gasteiger partial charge in [0.1, 0.15) is 0 Å². The summed E-state index contributed by atoms with van der Waals surface area (Å²) in [5, 5.41) is 14.7. The van der Waals surface area contributed by atoms with Crippen LogP contribution in [-0.4, -0.2) is 44.0 Å². The number of halogens is 5. The van der Waals surface area contributed by atoms with Gasteiger partial charge in [0, 0.05) is 32.2 Å². The summed E-state index contributed by atoms with van der Waals surface area (Å²) < 4.78 is 43.6. The van der Waals surface area contributed by atoms with Crippen LogP contribution in [0.25, 0.3) is 11.3 Å². The number of nitrogens with one attached hydrogen (secondary N) is 1. The number of hydrogen-bond acceptors (Lipinski definition) is 7. The van der Waals surface area contributed by atoms with Gasteiger partial charge >= 0.3 is 12.0 Å². The zero-order chi connectivity index (χ0) is 24.9. The van der Waals surface area contributed by atoms with Gasteiger partial charge < -0.3 is 9.84 Å². The van der Waals surface area contributed by atoms with Crippen molar-refractivity contribution in [2.45, 2.75) is 19.4 Å². The van der Waals surface area contributed by atoms with Gasteiger partial charge in [-0.25, -0.2) is 15.0 Å². The van der Waals surface area contributed by atoms with Crippen LogP contribution in [0, 0.1) is 6.92 Å². The van der Waals surface area contributed by atoms with Crippen molar-refractivity contribution in [2.24, 2.45) is 10.1 Å². The van der Waals surface area contributed by atoms with Crippen molar-refractivity contribution >= 4 is 46.8 Å². The first kappa shape index (κ1) is 23.2. The van der Waals surface area contributed by atoms with Crippen LogP contribution in [0.5, 0.6) is 0 Å². The molecule has 5 rings (SSSR count). The highest BCUT2D eigenvalue weighted by molar-refractivity contribution is 6.33. The maximum atomic E-state index is 12.7. The van der Waals surface area contributed by atoms with Crippen molar-refractivity contribution in [1.82, 2.24) is 15.4 Å². The van der Waals surface area contributed by atoms with E-state index in [0.717, 1.165) is 10.4 Å². The molecule has 2 aliphatic rings. The van der Waals surface area contributed by atoms with Crippen LogP contribution in [-0.2, 0) is 4.74 Å². The van der Waals surface area contributed by atoms with Crippen LogP contribution in [0.1, 0.15) is 28.8 Å². The second-order valence-corrected chi connectivity index (χ2v) is 8.39. The summed E-state index contributed by atoms with van der Waals surface area (Å²) in [6.45, 7) is 1.79. The largest absolute Gasteiger partial charge is 0.461 e. The number of aliphatic hydroxyl groups excluding tert-OH is 1. The van der Waals surface area contributed by atoms with Crippen LogP contribution in [0.15, 0.2) is 52.7 Å². The minimum absolute atomic E-state index is 0.0383. The Labute approximate surface area is 206 Å². The quantitative estimate of drug-likeness (QED) is 0.488. The third-order valence-corrected chi connectivity index (χ3v) is 5.65. The van der Waals surface area contributed by atoms with Crippen LogP contribution >= 0.6 is 23.2 Å². The number of fused-ring (bicyclic) bond motifs is 1. The van der Waals surface area contributed by atoms with Gasteiger partial charge in [-0.15, -0.1) is 5.43 Å². The van der Waals surface area contributed by atoms with E-state index in [1.165, 1.54) is 12.4 Å². The molecule has 3 aromatic rings. The summed E-state index contributed by atoms with van der Waals surface area (Å²) in [6.07, 6.45) is -3.37. The molecule has 0 saturated carbocycles. The Hall–Kier alpha value is -3.54. The van der Waals surface area contributed by atoms with E-state index in [9.17, 15) is 18.3 Å². The van der Waals surface area contributed by atoms with Gasteiger partial charge in [-0.2, -0.15) is 13.2 Å². The number of ether oxygens (including phenoxy) is 1. The number of hydrogen-bond donors (Lipinski definition) is 2. The summed E-state index contributed by atoms with van der Waals surface area (Å²) in [6, 6.07) is 10.1. The molecule has 1 aromatic heterocycles. The summed E-state index contributed by atoms with van der Waals surface area (Å²) >= 11 is 12.5. The molecule has 0 bridgehead atoms. The minimum atomic E-state index is -4.59. The van der Waals surface area contributed by atoms with Crippen molar-refractivity contribution in [1.29, 1.82) is 0 Å². The summed E-state index contributed by atoms with van der Waals surface area (Å²) in [4.78, 5) is 14.0. The first-order valence-corrected chi connectivity index (χ1v) is 10.8. The molecule has 8 nitrogen and oxygen atoms in total. The fourth-order valence-corrected chi connectivity index (χ4v) is 4.01.